The van der Waals surface area contributed by atoms with Crippen molar-refractivity contribution in [2.45, 2.75) is 18.8 Å². The van der Waals surface area contributed by atoms with Crippen LogP contribution >= 0.6 is 0 Å². The van der Waals surface area contributed by atoms with Gasteiger partial charge < -0.3 is 5.11 Å². The van der Waals surface area contributed by atoms with Gasteiger partial charge in [0.1, 0.15) is 0 Å². The van der Waals surface area contributed by atoms with Gasteiger partial charge in [0.25, 0.3) is 11.1 Å². The van der Waals surface area contributed by atoms with E-state index in [0.29, 0.717) is 0 Å². The minimum atomic E-state index is -4.54. The lowest BCUT2D eigenvalue weighted by Crippen LogP contribution is -2.43. The Kier molecular flexibility index (Phi) is 3.17. The van der Waals surface area contributed by atoms with E-state index in [0.717, 1.165) is 27.6 Å². The van der Waals surface area contributed by atoms with Gasteiger partial charge in [0.15, 0.2) is 6.23 Å². The van der Waals surface area contributed by atoms with Crippen LogP contribution in [0.25, 0.3) is 16.5 Å². The molecule has 1 aliphatic heterocycles. The molecule has 0 fully saturated rings. The first-order valence-electron chi connectivity index (χ1n) is 7.44. The number of aromatic nitrogens is 2. The summed E-state index contributed by atoms with van der Waals surface area (Å²) in [6.07, 6.45) is -6.16. The quantitative estimate of drug-likeness (QED) is 0.678. The van der Waals surface area contributed by atoms with Crippen LogP contribution in [-0.2, 0) is 12.6 Å². The average Bonchev–Trinajstić information content (AvgIpc) is 2.57. The van der Waals surface area contributed by atoms with Gasteiger partial charge in [-0.2, -0.15) is 13.2 Å². The molecule has 1 atom stereocenters. The molecule has 25 heavy (non-hydrogen) atoms. The zero-order chi connectivity index (χ0) is 17.9. The van der Waals surface area contributed by atoms with E-state index in [1.807, 2.05) is 0 Å². The van der Waals surface area contributed by atoms with E-state index >= 15 is 0 Å². The Labute approximate surface area is 138 Å². The van der Waals surface area contributed by atoms with Crippen molar-refractivity contribution in [3.8, 4) is 5.69 Å². The maximum absolute atomic E-state index is 12.9. The molecule has 4 rings (SSSR count). The van der Waals surface area contributed by atoms with Crippen molar-refractivity contribution >= 4 is 10.8 Å². The third-order valence-electron chi connectivity index (χ3n) is 4.32. The molecule has 8 heteroatoms. The largest absolute Gasteiger partial charge is 0.416 e. The summed E-state index contributed by atoms with van der Waals surface area (Å²) in [6, 6.07) is 9.03. The third kappa shape index (κ3) is 2.21. The van der Waals surface area contributed by atoms with Crippen molar-refractivity contribution in [1.29, 1.82) is 0 Å². The fraction of sp³-hybridized carbons (Fsp3) is 0.176. The van der Waals surface area contributed by atoms with Crippen LogP contribution in [0.1, 0.15) is 17.4 Å². The van der Waals surface area contributed by atoms with E-state index in [-0.39, 0.29) is 28.4 Å². The first kappa shape index (κ1) is 15.6. The lowest BCUT2D eigenvalue weighted by molar-refractivity contribution is -0.137. The second-order valence-corrected chi connectivity index (χ2v) is 5.84. The van der Waals surface area contributed by atoms with Gasteiger partial charge in [-0.15, -0.1) is 0 Å². The Morgan fingerprint density at radius 2 is 1.64 bits per heavy atom. The maximum atomic E-state index is 12.9. The van der Waals surface area contributed by atoms with Crippen molar-refractivity contribution in [3.05, 3.63) is 74.3 Å². The van der Waals surface area contributed by atoms with Crippen LogP contribution in [0.5, 0.6) is 0 Å². The highest BCUT2D eigenvalue weighted by molar-refractivity contribution is 5.80. The first-order valence-corrected chi connectivity index (χ1v) is 7.44. The predicted molar refractivity (Wildman–Crippen MR) is 83.8 cm³/mol. The predicted octanol–water partition coefficient (Wildman–Crippen LogP) is 2.22. The molecular formula is C17H11F3N2O3. The lowest BCUT2D eigenvalue weighted by Gasteiger charge is -2.28. The number of rotatable bonds is 0. The van der Waals surface area contributed by atoms with Crippen molar-refractivity contribution in [3.63, 3.8) is 0 Å². The molecule has 1 unspecified atom stereocenters. The zero-order valence-corrected chi connectivity index (χ0v) is 12.6. The van der Waals surface area contributed by atoms with Crippen molar-refractivity contribution < 1.29 is 18.3 Å². The monoisotopic (exact) mass is 348 g/mol. The van der Waals surface area contributed by atoms with Gasteiger partial charge in [-0.3, -0.25) is 9.59 Å². The average molecular weight is 348 g/mol. The Morgan fingerprint density at radius 3 is 2.28 bits per heavy atom. The van der Waals surface area contributed by atoms with Crippen LogP contribution in [0, 0.1) is 0 Å². The number of aliphatic hydroxyl groups is 1. The van der Waals surface area contributed by atoms with Crippen LogP contribution in [0.2, 0.25) is 0 Å². The van der Waals surface area contributed by atoms with E-state index < -0.39 is 29.1 Å². The summed E-state index contributed by atoms with van der Waals surface area (Å²) in [7, 11) is 0. The minimum absolute atomic E-state index is 0.142. The number of nitrogens with zero attached hydrogens (tertiary/aromatic N) is 2. The van der Waals surface area contributed by atoms with E-state index in [9.17, 15) is 27.9 Å². The number of hydrogen-bond donors (Lipinski definition) is 1. The molecule has 0 spiro atoms. The second kappa shape index (κ2) is 5.06. The molecule has 0 saturated carbocycles. The molecule has 0 bridgehead atoms. The van der Waals surface area contributed by atoms with Crippen LogP contribution in [0.15, 0.2) is 52.1 Å². The number of aliphatic hydroxyl groups excluding tert-OH is 1. The highest BCUT2D eigenvalue weighted by atomic mass is 19.4. The normalized spacial score (nSPS) is 16.6. The summed E-state index contributed by atoms with van der Waals surface area (Å²) in [4.78, 5) is 25.4. The highest BCUT2D eigenvalue weighted by Gasteiger charge is 2.33. The third-order valence-corrected chi connectivity index (χ3v) is 4.32. The Balaban J connectivity index is 2.10. The number of alkyl halides is 3. The standard InChI is InChI=1S/C17H11F3N2O3/c18-17(19,20)10-5-6-13-9(7-10)8-14(23)22-16(25)12-4-2-1-3-11(12)15(24)21(13)22/h1-7,14,23H,8H2. The van der Waals surface area contributed by atoms with Gasteiger partial charge in [0, 0.05) is 6.42 Å². The molecule has 1 aromatic heterocycles. The van der Waals surface area contributed by atoms with Gasteiger partial charge in [-0.25, -0.2) is 9.36 Å². The SMILES string of the molecule is O=c1c2ccccc2c(=O)n2n1-c1ccc(C(F)(F)F)cc1CC2O. The van der Waals surface area contributed by atoms with Crippen molar-refractivity contribution in [1.82, 2.24) is 9.36 Å². The molecule has 1 aliphatic rings. The van der Waals surface area contributed by atoms with E-state index in [1.165, 1.54) is 12.1 Å². The molecule has 0 saturated heterocycles. The topological polar surface area (TPSA) is 64.2 Å². The fourth-order valence-corrected chi connectivity index (χ4v) is 3.19. The van der Waals surface area contributed by atoms with E-state index in [4.69, 9.17) is 0 Å². The summed E-state index contributed by atoms with van der Waals surface area (Å²) in [5, 5.41) is 10.6. The van der Waals surface area contributed by atoms with Crippen molar-refractivity contribution in [2.75, 3.05) is 0 Å². The van der Waals surface area contributed by atoms with Gasteiger partial charge >= 0.3 is 6.18 Å². The zero-order valence-electron chi connectivity index (χ0n) is 12.6. The molecule has 2 aromatic carbocycles. The molecular weight excluding hydrogens is 337 g/mol. The van der Waals surface area contributed by atoms with Crippen LogP contribution in [0.4, 0.5) is 13.2 Å². The lowest BCUT2D eigenvalue weighted by atomic mass is 10.0. The second-order valence-electron chi connectivity index (χ2n) is 5.84. The van der Waals surface area contributed by atoms with E-state index in [2.05, 4.69) is 0 Å². The van der Waals surface area contributed by atoms with Gasteiger partial charge in [-0.05, 0) is 35.9 Å². The maximum Gasteiger partial charge on any atom is 0.416 e. The van der Waals surface area contributed by atoms with Crippen LogP contribution in [-0.4, -0.2) is 14.5 Å². The summed E-state index contributed by atoms with van der Waals surface area (Å²) >= 11 is 0. The molecule has 2 heterocycles. The van der Waals surface area contributed by atoms with Gasteiger partial charge in [-0.1, -0.05) is 12.1 Å². The van der Waals surface area contributed by atoms with Gasteiger partial charge in [0.05, 0.1) is 22.0 Å². The number of halogens is 3. The number of hydrogen-bond acceptors (Lipinski definition) is 3. The van der Waals surface area contributed by atoms with Gasteiger partial charge in [0.2, 0.25) is 0 Å². The summed E-state index contributed by atoms with van der Waals surface area (Å²) in [5.74, 6) is 0. The Bertz CT molecular complexity index is 1130. The molecule has 0 radical (unpaired) electrons. The van der Waals surface area contributed by atoms with Crippen molar-refractivity contribution in [2.24, 2.45) is 0 Å². The molecule has 3 aromatic rings. The molecule has 0 aliphatic carbocycles. The summed E-state index contributed by atoms with van der Waals surface area (Å²) < 4.78 is 40.6. The van der Waals surface area contributed by atoms with Crippen LogP contribution < -0.4 is 11.1 Å². The molecule has 0 amide bonds. The van der Waals surface area contributed by atoms with E-state index in [1.54, 1.807) is 12.1 Å². The minimum Gasteiger partial charge on any atom is -0.371 e. The highest BCUT2D eigenvalue weighted by Crippen LogP contribution is 2.33. The smallest absolute Gasteiger partial charge is 0.371 e. The Hall–Kier alpha value is -2.87. The molecule has 5 nitrogen and oxygen atoms in total. The first-order chi connectivity index (χ1) is 11.8. The summed E-state index contributed by atoms with van der Waals surface area (Å²) in [6.45, 7) is 0. The Morgan fingerprint density at radius 1 is 1.00 bits per heavy atom. The molecule has 128 valence electrons. The van der Waals surface area contributed by atoms with Crippen LogP contribution in [0.3, 0.4) is 0 Å². The molecule has 1 N–H and O–H groups in total. The fourth-order valence-electron chi connectivity index (χ4n) is 3.19. The number of benzene rings is 2. The summed E-state index contributed by atoms with van der Waals surface area (Å²) in [5.41, 5.74) is -1.71. The number of fused-ring (bicyclic) bond motifs is 4.